The number of nitrogens with zero attached hydrogens (tertiary/aromatic N) is 3. The first-order valence-electron chi connectivity index (χ1n) is 9.57. The number of aliphatic hydroxyl groups excluding tert-OH is 1. The molecule has 3 atom stereocenters. The Morgan fingerprint density at radius 2 is 2.22 bits per heavy atom. The largest absolute Gasteiger partial charge is 0.463 e. The van der Waals surface area contributed by atoms with Gasteiger partial charge in [-0.3, -0.25) is 9.79 Å². The van der Waals surface area contributed by atoms with E-state index in [2.05, 4.69) is 26.2 Å². The van der Waals surface area contributed by atoms with Crippen LogP contribution >= 0.6 is 11.8 Å². The summed E-state index contributed by atoms with van der Waals surface area (Å²) in [6.45, 7) is 1.49. The lowest BCUT2D eigenvalue weighted by Crippen LogP contribution is -2.37. The van der Waals surface area contributed by atoms with Crippen LogP contribution in [-0.4, -0.2) is 44.1 Å². The fourth-order valence-electron chi connectivity index (χ4n) is 3.95. The number of hydrogen-bond acceptors (Lipinski definition) is 8. The number of thioether (sulfide) groups is 1. The molecule has 2 aliphatic rings. The van der Waals surface area contributed by atoms with Gasteiger partial charge in [0.05, 0.1) is 29.3 Å². The summed E-state index contributed by atoms with van der Waals surface area (Å²) in [5, 5.41) is 12.5. The lowest BCUT2D eigenvalue weighted by atomic mass is 9.85. The molecule has 1 fully saturated rings. The zero-order valence-electron chi connectivity index (χ0n) is 16.9. The molecular weight excluding hydrogens is 440 g/mol. The number of terminal acetylenes is 1. The number of amides is 1. The topological polar surface area (TPSA) is 123 Å². The van der Waals surface area contributed by atoms with Gasteiger partial charge in [-0.15, -0.1) is 6.42 Å². The summed E-state index contributed by atoms with van der Waals surface area (Å²) in [6.07, 6.45) is 8.05. The van der Waals surface area contributed by atoms with Gasteiger partial charge in [-0.2, -0.15) is 0 Å². The summed E-state index contributed by atoms with van der Waals surface area (Å²) in [5.41, 5.74) is 4.63. The molecule has 11 heteroatoms. The maximum Gasteiger partial charge on any atom is 0.275 e. The highest BCUT2D eigenvalue weighted by Crippen LogP contribution is 2.65. The van der Waals surface area contributed by atoms with Gasteiger partial charge in [-0.05, 0) is 19.4 Å². The van der Waals surface area contributed by atoms with Crippen molar-refractivity contribution in [2.75, 3.05) is 18.5 Å². The number of amidine groups is 1. The average molecular weight is 459 g/mol. The summed E-state index contributed by atoms with van der Waals surface area (Å²) in [6, 6.07) is 2.19. The molecule has 1 aromatic heterocycles. The third-order valence-corrected chi connectivity index (χ3v) is 6.90. The normalized spacial score (nSPS) is 25.8. The first-order valence-corrected chi connectivity index (χ1v) is 10.4. The van der Waals surface area contributed by atoms with Crippen molar-refractivity contribution < 1.29 is 23.4 Å². The second-order valence-electron chi connectivity index (χ2n) is 7.69. The lowest BCUT2D eigenvalue weighted by molar-refractivity contribution is 0.102. The molecule has 2 heterocycles. The highest BCUT2D eigenvalue weighted by Gasteiger charge is 2.66. The number of benzene rings is 1. The zero-order chi connectivity index (χ0) is 23.1. The van der Waals surface area contributed by atoms with Crippen LogP contribution in [0.25, 0.3) is 0 Å². The smallest absolute Gasteiger partial charge is 0.275 e. The van der Waals surface area contributed by atoms with Crippen LogP contribution in [0.15, 0.2) is 29.5 Å². The van der Waals surface area contributed by atoms with Crippen LogP contribution in [0.2, 0.25) is 0 Å². The molecule has 1 aliphatic carbocycles. The van der Waals surface area contributed by atoms with Crippen molar-refractivity contribution in [2.45, 2.75) is 23.6 Å². The van der Waals surface area contributed by atoms with E-state index in [1.54, 1.807) is 6.92 Å². The molecule has 1 saturated carbocycles. The molecule has 1 aromatic carbocycles. The minimum Gasteiger partial charge on any atom is -0.463 e. The molecule has 4 rings (SSSR count). The van der Waals surface area contributed by atoms with E-state index in [9.17, 15) is 18.7 Å². The second kappa shape index (κ2) is 8.03. The Bertz CT molecular complexity index is 1150. The molecule has 0 radical (unpaired) electrons. The summed E-state index contributed by atoms with van der Waals surface area (Å²) >= 11 is 1.24. The molecule has 0 saturated heterocycles. The maximum atomic E-state index is 14.8. The van der Waals surface area contributed by atoms with Crippen LogP contribution in [0.4, 0.5) is 14.5 Å². The number of carbonyl (C=O) groups is 1. The number of nitrogens with two attached hydrogens (primary N) is 1. The summed E-state index contributed by atoms with van der Waals surface area (Å²) in [7, 11) is 0. The van der Waals surface area contributed by atoms with Crippen molar-refractivity contribution >= 4 is 28.5 Å². The highest BCUT2D eigenvalue weighted by molar-refractivity contribution is 8.15. The van der Waals surface area contributed by atoms with Gasteiger partial charge in [0.25, 0.3) is 5.91 Å². The Hall–Kier alpha value is -3.23. The van der Waals surface area contributed by atoms with Crippen LogP contribution in [0.3, 0.4) is 0 Å². The first-order chi connectivity index (χ1) is 15.2. The Balaban J connectivity index is 1.62. The van der Waals surface area contributed by atoms with Crippen molar-refractivity contribution in [2.24, 2.45) is 16.6 Å². The molecular formula is C21H19F2N5O3S. The molecule has 32 heavy (non-hydrogen) atoms. The highest BCUT2D eigenvalue weighted by atomic mass is 32.2. The quantitative estimate of drug-likeness (QED) is 0.565. The number of fused-ring (bicyclic) bond motifs is 1. The van der Waals surface area contributed by atoms with E-state index in [1.165, 1.54) is 30.2 Å². The monoisotopic (exact) mass is 459 g/mol. The van der Waals surface area contributed by atoms with E-state index in [-0.39, 0.29) is 47.1 Å². The molecule has 1 aliphatic heterocycles. The standard InChI is InChI=1S/C21H19F2N5O3S/c1-3-4-31-16-9-25-14(8-26-16)18(30)27-11-5-12(17(23)13(22)6-11)20(2)15-7-21(15,10-29)32-19(24)28-20/h1,5-6,8-9,15,29H,4,7,10H2,2H3,(H2,24,28)(H,27,30)/t15-,20+,21+/m0/s1. The van der Waals surface area contributed by atoms with Crippen molar-refractivity contribution in [3.63, 3.8) is 0 Å². The minimum atomic E-state index is -1.19. The molecule has 2 aromatic rings. The number of nitrogens with one attached hydrogen (secondary N) is 1. The molecule has 0 unspecified atom stereocenters. The van der Waals surface area contributed by atoms with Gasteiger partial charge in [0.2, 0.25) is 5.88 Å². The number of carbonyl (C=O) groups excluding carboxylic acids is 1. The first kappa shape index (κ1) is 22.0. The third kappa shape index (κ3) is 3.76. The number of halogens is 2. The molecule has 0 spiro atoms. The summed E-state index contributed by atoms with van der Waals surface area (Å²) < 4.78 is 33.9. The third-order valence-electron chi connectivity index (χ3n) is 5.62. The lowest BCUT2D eigenvalue weighted by Gasteiger charge is -2.34. The van der Waals surface area contributed by atoms with Crippen molar-refractivity contribution in [1.29, 1.82) is 0 Å². The molecule has 0 bridgehead atoms. The number of aromatic nitrogens is 2. The Kier molecular flexibility index (Phi) is 5.52. The van der Waals surface area contributed by atoms with Gasteiger partial charge in [-0.1, -0.05) is 17.7 Å². The summed E-state index contributed by atoms with van der Waals surface area (Å²) in [4.78, 5) is 24.8. The van der Waals surface area contributed by atoms with E-state index in [1.807, 2.05) is 0 Å². The Morgan fingerprint density at radius 3 is 2.88 bits per heavy atom. The van der Waals surface area contributed by atoms with Crippen LogP contribution in [0.5, 0.6) is 5.88 Å². The van der Waals surface area contributed by atoms with Crippen molar-refractivity contribution in [1.82, 2.24) is 9.97 Å². The summed E-state index contributed by atoms with van der Waals surface area (Å²) in [5.74, 6) is -0.723. The number of aliphatic hydroxyl groups is 1. The maximum absolute atomic E-state index is 14.8. The van der Waals surface area contributed by atoms with E-state index < -0.39 is 27.8 Å². The molecule has 4 N–H and O–H groups in total. The van der Waals surface area contributed by atoms with Gasteiger partial charge in [-0.25, -0.2) is 18.7 Å². The fourth-order valence-corrected chi connectivity index (χ4v) is 5.29. The van der Waals surface area contributed by atoms with E-state index in [0.717, 1.165) is 6.07 Å². The van der Waals surface area contributed by atoms with Gasteiger partial charge >= 0.3 is 0 Å². The molecule has 166 valence electrons. The number of hydrogen-bond donors (Lipinski definition) is 3. The number of ether oxygens (including phenoxy) is 1. The number of aliphatic imine (C=N–C) groups is 1. The SMILES string of the molecule is C#CCOc1cnc(C(=O)Nc2cc(F)c(F)c([C@@]3(C)N=C(N)S[C@@]4(CO)C[C@H]43)c2)cn1. The average Bonchev–Trinajstić information content (AvgIpc) is 3.50. The Labute approximate surface area is 186 Å². The van der Waals surface area contributed by atoms with Gasteiger partial charge in [0.15, 0.2) is 23.4 Å². The van der Waals surface area contributed by atoms with Gasteiger partial charge in [0, 0.05) is 23.2 Å². The molecule has 8 nitrogen and oxygen atoms in total. The predicted octanol–water partition coefficient (Wildman–Crippen LogP) is 2.05. The van der Waals surface area contributed by atoms with Crippen LogP contribution in [0, 0.1) is 29.9 Å². The molecule has 1 amide bonds. The number of anilines is 1. The van der Waals surface area contributed by atoms with Gasteiger partial charge in [0.1, 0.15) is 5.69 Å². The minimum absolute atomic E-state index is 0.000682. The van der Waals surface area contributed by atoms with Crippen LogP contribution < -0.4 is 15.8 Å². The Morgan fingerprint density at radius 1 is 1.44 bits per heavy atom. The fraction of sp³-hybridized carbons (Fsp3) is 0.333. The van der Waals surface area contributed by atoms with Crippen molar-refractivity contribution in [3.8, 4) is 18.2 Å². The van der Waals surface area contributed by atoms with E-state index >= 15 is 0 Å². The number of rotatable bonds is 6. The van der Waals surface area contributed by atoms with Crippen molar-refractivity contribution in [3.05, 3.63) is 47.4 Å². The van der Waals surface area contributed by atoms with Gasteiger partial charge < -0.3 is 20.9 Å². The van der Waals surface area contributed by atoms with E-state index in [0.29, 0.717) is 6.42 Å². The second-order valence-corrected chi connectivity index (χ2v) is 9.12. The predicted molar refractivity (Wildman–Crippen MR) is 115 cm³/mol. The van der Waals surface area contributed by atoms with Crippen LogP contribution in [-0.2, 0) is 5.54 Å². The van der Waals surface area contributed by atoms with E-state index in [4.69, 9.17) is 16.9 Å². The zero-order valence-corrected chi connectivity index (χ0v) is 17.7. The van der Waals surface area contributed by atoms with Crippen LogP contribution in [0.1, 0.15) is 29.4 Å².